The summed E-state index contributed by atoms with van der Waals surface area (Å²) in [7, 11) is 1.52. The molecular formula is C29H34N4O6S. The highest BCUT2D eigenvalue weighted by molar-refractivity contribution is 7.14. The summed E-state index contributed by atoms with van der Waals surface area (Å²) in [4.78, 5) is 55.8. The van der Waals surface area contributed by atoms with Crippen LogP contribution in [0.25, 0.3) is 0 Å². The van der Waals surface area contributed by atoms with Gasteiger partial charge in [0.05, 0.1) is 7.11 Å². The van der Waals surface area contributed by atoms with Crippen LogP contribution in [0.1, 0.15) is 68.2 Å². The Hall–Kier alpha value is -4.25. The van der Waals surface area contributed by atoms with Crippen molar-refractivity contribution in [3.05, 3.63) is 76.8 Å². The maximum Gasteiger partial charge on any atom is 0.408 e. The van der Waals surface area contributed by atoms with E-state index < -0.39 is 41.5 Å². The van der Waals surface area contributed by atoms with E-state index in [1.807, 2.05) is 37.3 Å². The number of ether oxygens (including phenoxy) is 2. The SMILES string of the molecule is COc1ccc(C(NC(=O)OC(C)(C)C)C(=O)N[C@H](C(=O)Nc2nc(C(C)=O)cs2)[C@H](C)c2ccccc2)cc1. The lowest BCUT2D eigenvalue weighted by Crippen LogP contribution is -2.51. The fraction of sp³-hybridized carbons (Fsp3) is 0.345. The number of hydrogen-bond acceptors (Lipinski definition) is 8. The van der Waals surface area contributed by atoms with Crippen LogP contribution in [-0.2, 0) is 14.3 Å². The third kappa shape index (κ3) is 8.37. The number of nitrogens with zero attached hydrogens (tertiary/aromatic N) is 1. The molecular weight excluding hydrogens is 532 g/mol. The van der Waals surface area contributed by atoms with Gasteiger partial charge in [0.2, 0.25) is 11.8 Å². The molecule has 0 fully saturated rings. The van der Waals surface area contributed by atoms with Crippen LogP contribution in [0.3, 0.4) is 0 Å². The van der Waals surface area contributed by atoms with Gasteiger partial charge in [0.1, 0.15) is 29.1 Å². The number of rotatable bonds is 10. The molecule has 0 aliphatic heterocycles. The van der Waals surface area contributed by atoms with Crippen molar-refractivity contribution in [2.24, 2.45) is 0 Å². The van der Waals surface area contributed by atoms with Gasteiger partial charge in [-0.2, -0.15) is 0 Å². The first kappa shape index (κ1) is 30.3. The van der Waals surface area contributed by atoms with E-state index in [1.54, 1.807) is 50.4 Å². The minimum Gasteiger partial charge on any atom is -0.497 e. The van der Waals surface area contributed by atoms with E-state index >= 15 is 0 Å². The van der Waals surface area contributed by atoms with Gasteiger partial charge in [-0.05, 0) is 44.0 Å². The summed E-state index contributed by atoms with van der Waals surface area (Å²) in [6, 6.07) is 13.6. The molecule has 11 heteroatoms. The molecule has 212 valence electrons. The van der Waals surface area contributed by atoms with E-state index in [-0.39, 0.29) is 16.6 Å². The van der Waals surface area contributed by atoms with E-state index in [1.165, 1.54) is 14.0 Å². The van der Waals surface area contributed by atoms with Gasteiger partial charge >= 0.3 is 6.09 Å². The van der Waals surface area contributed by atoms with Gasteiger partial charge in [-0.1, -0.05) is 49.4 Å². The van der Waals surface area contributed by atoms with Crippen molar-refractivity contribution < 1.29 is 28.7 Å². The van der Waals surface area contributed by atoms with Crippen LogP contribution in [0.4, 0.5) is 9.93 Å². The summed E-state index contributed by atoms with van der Waals surface area (Å²) in [5.74, 6) is -1.27. The molecule has 3 aromatic rings. The first-order valence-electron chi connectivity index (χ1n) is 12.6. The Bertz CT molecular complexity index is 1330. The maximum absolute atomic E-state index is 13.7. The quantitative estimate of drug-likeness (QED) is 0.299. The van der Waals surface area contributed by atoms with Gasteiger partial charge in [-0.25, -0.2) is 9.78 Å². The molecule has 0 saturated heterocycles. The molecule has 3 amide bonds. The monoisotopic (exact) mass is 566 g/mol. The summed E-state index contributed by atoms with van der Waals surface area (Å²) in [5.41, 5.74) is 0.717. The van der Waals surface area contributed by atoms with Gasteiger partial charge in [-0.15, -0.1) is 11.3 Å². The predicted octanol–water partition coefficient (Wildman–Crippen LogP) is 4.85. The first-order chi connectivity index (χ1) is 18.9. The smallest absolute Gasteiger partial charge is 0.408 e. The zero-order chi connectivity index (χ0) is 29.4. The van der Waals surface area contributed by atoms with Crippen LogP contribution in [0, 0.1) is 0 Å². The second kappa shape index (κ2) is 13.2. The minimum atomic E-state index is -1.18. The zero-order valence-electron chi connectivity index (χ0n) is 23.3. The molecule has 0 radical (unpaired) electrons. The van der Waals surface area contributed by atoms with Crippen LogP contribution in [-0.4, -0.2) is 47.4 Å². The maximum atomic E-state index is 13.7. The summed E-state index contributed by atoms with van der Waals surface area (Å²) in [6.45, 7) is 8.35. The number of thiazole rings is 1. The number of amides is 3. The normalized spacial score (nSPS) is 13.3. The van der Waals surface area contributed by atoms with Gasteiger partial charge < -0.3 is 25.4 Å². The van der Waals surface area contributed by atoms with Crippen molar-refractivity contribution in [3.8, 4) is 5.75 Å². The highest BCUT2D eigenvalue weighted by Gasteiger charge is 2.33. The number of ketones is 1. The Kier molecular flexibility index (Phi) is 10.0. The number of aromatic nitrogens is 1. The Labute approximate surface area is 237 Å². The van der Waals surface area contributed by atoms with Crippen LogP contribution in [0.15, 0.2) is 60.0 Å². The summed E-state index contributed by atoms with van der Waals surface area (Å²) in [5, 5.41) is 9.93. The second-order valence-electron chi connectivity index (χ2n) is 10.1. The number of alkyl carbamates (subject to hydrolysis) is 1. The number of nitrogens with one attached hydrogen (secondary N) is 3. The van der Waals surface area contributed by atoms with Crippen LogP contribution in [0.5, 0.6) is 5.75 Å². The summed E-state index contributed by atoms with van der Waals surface area (Å²) >= 11 is 1.11. The van der Waals surface area contributed by atoms with Crippen molar-refractivity contribution in [2.75, 3.05) is 12.4 Å². The lowest BCUT2D eigenvalue weighted by Gasteiger charge is -2.28. The van der Waals surface area contributed by atoms with Crippen molar-refractivity contribution in [1.82, 2.24) is 15.6 Å². The number of benzene rings is 2. The highest BCUT2D eigenvalue weighted by atomic mass is 32.1. The van der Waals surface area contributed by atoms with Crippen LogP contribution >= 0.6 is 11.3 Å². The number of hydrogen-bond donors (Lipinski definition) is 3. The summed E-state index contributed by atoms with van der Waals surface area (Å²) < 4.78 is 10.6. The molecule has 3 atom stereocenters. The third-order valence-corrected chi connectivity index (χ3v) is 6.63. The molecule has 2 aromatic carbocycles. The Morgan fingerprint density at radius 3 is 2.10 bits per heavy atom. The number of Topliss-reactive ketones (excluding diaryl/α,β-unsaturated/α-hetero) is 1. The van der Waals surface area contributed by atoms with Crippen LogP contribution < -0.4 is 20.7 Å². The standard InChI is InChI=1S/C29H34N4O6S/c1-17(19-10-8-7-9-11-19)23(25(35)33-27-30-22(16-40-27)18(2)34)31-26(36)24(32-28(37)39-29(3,4)5)20-12-14-21(38-6)15-13-20/h7-17,23-24H,1-6H3,(H,31,36)(H,32,37)(H,30,33,35)/t17-,23+,24?/m1/s1. The van der Waals surface area contributed by atoms with Crippen molar-refractivity contribution in [1.29, 1.82) is 0 Å². The van der Waals surface area contributed by atoms with E-state index in [4.69, 9.17) is 9.47 Å². The first-order valence-corrected chi connectivity index (χ1v) is 13.5. The molecule has 10 nitrogen and oxygen atoms in total. The van der Waals surface area contributed by atoms with Crippen molar-refractivity contribution in [3.63, 3.8) is 0 Å². The molecule has 1 heterocycles. The van der Waals surface area contributed by atoms with E-state index in [2.05, 4.69) is 20.9 Å². The molecule has 1 unspecified atom stereocenters. The van der Waals surface area contributed by atoms with Gasteiger partial charge in [0.15, 0.2) is 10.9 Å². The minimum absolute atomic E-state index is 0.227. The number of anilines is 1. The van der Waals surface area contributed by atoms with Gasteiger partial charge in [-0.3, -0.25) is 14.4 Å². The molecule has 0 spiro atoms. The largest absolute Gasteiger partial charge is 0.497 e. The van der Waals surface area contributed by atoms with E-state index in [0.717, 1.165) is 16.9 Å². The van der Waals surface area contributed by atoms with E-state index in [9.17, 15) is 19.2 Å². The lowest BCUT2D eigenvalue weighted by molar-refractivity contribution is -0.128. The molecule has 0 bridgehead atoms. The Morgan fingerprint density at radius 2 is 1.55 bits per heavy atom. The third-order valence-electron chi connectivity index (χ3n) is 5.87. The average Bonchev–Trinajstić information content (AvgIpc) is 3.38. The molecule has 40 heavy (non-hydrogen) atoms. The molecule has 3 rings (SSSR count). The van der Waals surface area contributed by atoms with Crippen LogP contribution in [0.2, 0.25) is 0 Å². The Morgan fingerprint density at radius 1 is 0.900 bits per heavy atom. The fourth-order valence-electron chi connectivity index (χ4n) is 3.80. The highest BCUT2D eigenvalue weighted by Crippen LogP contribution is 2.24. The number of carbonyl (C=O) groups is 4. The molecule has 3 N–H and O–H groups in total. The number of methoxy groups -OCH3 is 1. The average molecular weight is 567 g/mol. The van der Waals surface area contributed by atoms with E-state index in [0.29, 0.717) is 11.3 Å². The lowest BCUT2D eigenvalue weighted by atomic mass is 9.92. The predicted molar refractivity (Wildman–Crippen MR) is 153 cm³/mol. The molecule has 0 aliphatic carbocycles. The second-order valence-corrected chi connectivity index (χ2v) is 11.0. The van der Waals surface area contributed by atoms with Gasteiger partial charge in [0, 0.05) is 18.2 Å². The van der Waals surface area contributed by atoms with Crippen molar-refractivity contribution >= 4 is 40.2 Å². The molecule has 0 aliphatic rings. The van der Waals surface area contributed by atoms with Crippen molar-refractivity contribution in [2.45, 2.75) is 58.2 Å². The molecule has 0 saturated carbocycles. The zero-order valence-corrected chi connectivity index (χ0v) is 24.1. The fourth-order valence-corrected chi connectivity index (χ4v) is 4.55. The van der Waals surface area contributed by atoms with Gasteiger partial charge in [0.25, 0.3) is 0 Å². The number of carbonyl (C=O) groups excluding carboxylic acids is 4. The molecule has 1 aromatic heterocycles. The Balaban J connectivity index is 1.92. The summed E-state index contributed by atoms with van der Waals surface area (Å²) in [6.07, 6.45) is -0.792. The topological polar surface area (TPSA) is 136 Å².